The lowest BCUT2D eigenvalue weighted by atomic mass is 9.89. The number of rotatable bonds is 5. The smallest absolute Gasteiger partial charge is 0.226 e. The van der Waals surface area contributed by atoms with Crippen molar-refractivity contribution in [2.24, 2.45) is 5.92 Å². The highest BCUT2D eigenvalue weighted by atomic mass is 35.5. The SMILES string of the molecule is CNCCC1CCN(C(=O)Cc2ccc3c(c2)CCCC3)CC1.Cl. The molecule has 4 heteroatoms. The van der Waals surface area contributed by atoms with Crippen LogP contribution in [0.4, 0.5) is 0 Å². The molecule has 1 aliphatic carbocycles. The van der Waals surface area contributed by atoms with Gasteiger partial charge in [-0.15, -0.1) is 12.4 Å². The van der Waals surface area contributed by atoms with E-state index in [-0.39, 0.29) is 12.4 Å². The van der Waals surface area contributed by atoms with E-state index in [1.165, 1.54) is 48.8 Å². The number of amides is 1. The van der Waals surface area contributed by atoms with E-state index in [0.29, 0.717) is 12.3 Å². The van der Waals surface area contributed by atoms with Crippen molar-refractivity contribution in [3.05, 3.63) is 34.9 Å². The van der Waals surface area contributed by atoms with Crippen LogP contribution >= 0.6 is 12.4 Å². The molecular weight excluding hydrogens is 320 g/mol. The zero-order chi connectivity index (χ0) is 16.1. The van der Waals surface area contributed by atoms with Crippen molar-refractivity contribution in [2.75, 3.05) is 26.7 Å². The number of fused-ring (bicyclic) bond motifs is 1. The number of nitrogens with one attached hydrogen (secondary N) is 1. The lowest BCUT2D eigenvalue weighted by Gasteiger charge is -2.32. The second-order valence-electron chi connectivity index (χ2n) is 7.20. The third-order valence-corrected chi connectivity index (χ3v) is 5.54. The third kappa shape index (κ3) is 4.97. The Balaban J connectivity index is 0.00000208. The number of aryl methyl sites for hydroxylation is 2. The molecule has 0 saturated carbocycles. The van der Waals surface area contributed by atoms with Crippen LogP contribution in [0.3, 0.4) is 0 Å². The molecule has 3 nitrogen and oxygen atoms in total. The molecule has 1 amide bonds. The van der Waals surface area contributed by atoms with E-state index in [2.05, 4.69) is 28.4 Å². The first-order chi connectivity index (χ1) is 11.3. The van der Waals surface area contributed by atoms with Gasteiger partial charge in [-0.2, -0.15) is 0 Å². The van der Waals surface area contributed by atoms with Crippen LogP contribution in [0.1, 0.15) is 48.8 Å². The van der Waals surface area contributed by atoms with E-state index in [1.54, 1.807) is 0 Å². The largest absolute Gasteiger partial charge is 0.342 e. The summed E-state index contributed by atoms with van der Waals surface area (Å²) in [7, 11) is 2.01. The second kappa shape index (κ2) is 9.43. The van der Waals surface area contributed by atoms with Gasteiger partial charge in [0.15, 0.2) is 0 Å². The number of carbonyl (C=O) groups excluding carboxylic acids is 1. The maximum absolute atomic E-state index is 12.6. The topological polar surface area (TPSA) is 32.3 Å². The molecule has 0 atom stereocenters. The Morgan fingerprint density at radius 1 is 1.17 bits per heavy atom. The zero-order valence-electron chi connectivity index (χ0n) is 14.9. The minimum Gasteiger partial charge on any atom is -0.342 e. The molecule has 3 rings (SSSR count). The molecule has 0 aromatic heterocycles. The summed E-state index contributed by atoms with van der Waals surface area (Å²) < 4.78 is 0. The Bertz CT molecular complexity index is 538. The Labute approximate surface area is 152 Å². The summed E-state index contributed by atoms with van der Waals surface area (Å²) in [6.45, 7) is 2.98. The fourth-order valence-corrected chi connectivity index (χ4v) is 4.00. The minimum absolute atomic E-state index is 0. The standard InChI is InChI=1S/C20H30N2O.ClH/c1-21-11-8-16-9-12-22(13-10-16)20(23)15-17-6-7-18-4-2-3-5-19(18)14-17;/h6-7,14,16,21H,2-5,8-13,15H2,1H3;1H. The predicted molar refractivity (Wildman–Crippen MR) is 102 cm³/mol. The summed E-state index contributed by atoms with van der Waals surface area (Å²) >= 11 is 0. The number of piperidine rings is 1. The normalized spacial score (nSPS) is 18.0. The molecule has 1 fully saturated rings. The van der Waals surface area contributed by atoms with Gasteiger partial charge < -0.3 is 10.2 Å². The second-order valence-corrected chi connectivity index (χ2v) is 7.20. The molecular formula is C20H31ClN2O. The number of hydrogen-bond acceptors (Lipinski definition) is 2. The van der Waals surface area contributed by atoms with E-state index in [0.717, 1.165) is 38.4 Å². The zero-order valence-corrected chi connectivity index (χ0v) is 15.7. The first kappa shape index (κ1) is 19.3. The average molecular weight is 351 g/mol. The fourth-order valence-electron chi connectivity index (χ4n) is 4.00. The first-order valence-corrected chi connectivity index (χ1v) is 9.29. The van der Waals surface area contributed by atoms with Crippen LogP contribution in [-0.4, -0.2) is 37.5 Å². The Kier molecular flexibility index (Phi) is 7.57. The number of benzene rings is 1. The van der Waals surface area contributed by atoms with Gasteiger partial charge in [-0.3, -0.25) is 4.79 Å². The molecule has 1 heterocycles. The van der Waals surface area contributed by atoms with Crippen LogP contribution in [0, 0.1) is 5.92 Å². The maximum atomic E-state index is 12.6. The van der Waals surface area contributed by atoms with Gasteiger partial charge >= 0.3 is 0 Å². The van der Waals surface area contributed by atoms with Crippen LogP contribution in [-0.2, 0) is 24.1 Å². The summed E-state index contributed by atoms with van der Waals surface area (Å²) in [6.07, 6.45) is 9.16. The van der Waals surface area contributed by atoms with Crippen molar-refractivity contribution < 1.29 is 4.79 Å². The quantitative estimate of drug-likeness (QED) is 0.883. The molecule has 0 unspecified atom stereocenters. The van der Waals surface area contributed by atoms with Crippen molar-refractivity contribution in [1.82, 2.24) is 10.2 Å². The van der Waals surface area contributed by atoms with Crippen molar-refractivity contribution in [3.8, 4) is 0 Å². The van der Waals surface area contributed by atoms with Gasteiger partial charge in [0.1, 0.15) is 0 Å². The molecule has 0 radical (unpaired) electrons. The summed E-state index contributed by atoms with van der Waals surface area (Å²) in [5.74, 6) is 1.10. The summed E-state index contributed by atoms with van der Waals surface area (Å²) in [6, 6.07) is 6.70. The summed E-state index contributed by atoms with van der Waals surface area (Å²) in [4.78, 5) is 14.6. The van der Waals surface area contributed by atoms with Gasteiger partial charge in [-0.1, -0.05) is 18.2 Å². The lowest BCUT2D eigenvalue weighted by Crippen LogP contribution is -2.39. The van der Waals surface area contributed by atoms with Crippen molar-refractivity contribution in [1.29, 1.82) is 0 Å². The fraction of sp³-hybridized carbons (Fsp3) is 0.650. The van der Waals surface area contributed by atoms with E-state index in [9.17, 15) is 4.79 Å². The van der Waals surface area contributed by atoms with E-state index in [1.807, 2.05) is 7.05 Å². The molecule has 1 aromatic rings. The molecule has 0 bridgehead atoms. The molecule has 1 aromatic carbocycles. The third-order valence-electron chi connectivity index (χ3n) is 5.54. The first-order valence-electron chi connectivity index (χ1n) is 9.29. The van der Waals surface area contributed by atoms with Gasteiger partial charge in [-0.05, 0) is 81.1 Å². The Hall–Kier alpha value is -1.06. The van der Waals surface area contributed by atoms with Gasteiger partial charge in [0.2, 0.25) is 5.91 Å². The molecule has 1 aliphatic heterocycles. The van der Waals surface area contributed by atoms with Crippen molar-refractivity contribution in [2.45, 2.75) is 51.4 Å². The Morgan fingerprint density at radius 2 is 1.88 bits per heavy atom. The number of halogens is 1. The van der Waals surface area contributed by atoms with Crippen LogP contribution in [0.25, 0.3) is 0 Å². The molecule has 2 aliphatic rings. The van der Waals surface area contributed by atoms with Crippen LogP contribution in [0.15, 0.2) is 18.2 Å². The average Bonchev–Trinajstić information content (AvgIpc) is 2.60. The van der Waals surface area contributed by atoms with Crippen molar-refractivity contribution >= 4 is 18.3 Å². The number of carbonyl (C=O) groups is 1. The Morgan fingerprint density at radius 3 is 2.58 bits per heavy atom. The molecule has 134 valence electrons. The maximum Gasteiger partial charge on any atom is 0.226 e. The van der Waals surface area contributed by atoms with E-state index in [4.69, 9.17) is 0 Å². The van der Waals surface area contributed by atoms with Crippen LogP contribution < -0.4 is 5.32 Å². The van der Waals surface area contributed by atoms with E-state index >= 15 is 0 Å². The highest BCUT2D eigenvalue weighted by Gasteiger charge is 2.22. The number of nitrogens with zero attached hydrogens (tertiary/aromatic N) is 1. The van der Waals surface area contributed by atoms with Crippen LogP contribution in [0.2, 0.25) is 0 Å². The minimum atomic E-state index is 0. The summed E-state index contributed by atoms with van der Waals surface area (Å²) in [5.41, 5.74) is 4.18. The van der Waals surface area contributed by atoms with Gasteiger partial charge in [-0.25, -0.2) is 0 Å². The van der Waals surface area contributed by atoms with Crippen LogP contribution in [0.5, 0.6) is 0 Å². The van der Waals surface area contributed by atoms with Crippen molar-refractivity contribution in [3.63, 3.8) is 0 Å². The van der Waals surface area contributed by atoms with Gasteiger partial charge in [0, 0.05) is 13.1 Å². The number of hydrogen-bond donors (Lipinski definition) is 1. The monoisotopic (exact) mass is 350 g/mol. The van der Waals surface area contributed by atoms with Gasteiger partial charge in [0.25, 0.3) is 0 Å². The predicted octanol–water partition coefficient (Wildman–Crippen LogP) is 3.38. The van der Waals surface area contributed by atoms with E-state index < -0.39 is 0 Å². The highest BCUT2D eigenvalue weighted by Crippen LogP contribution is 2.24. The molecule has 0 spiro atoms. The summed E-state index contributed by atoms with van der Waals surface area (Å²) in [5, 5.41) is 3.23. The number of likely N-dealkylation sites (tertiary alicyclic amines) is 1. The molecule has 24 heavy (non-hydrogen) atoms. The van der Waals surface area contributed by atoms with Gasteiger partial charge in [0.05, 0.1) is 6.42 Å². The molecule has 1 saturated heterocycles. The highest BCUT2D eigenvalue weighted by molar-refractivity contribution is 5.85. The lowest BCUT2D eigenvalue weighted by molar-refractivity contribution is -0.131. The molecule has 1 N–H and O–H groups in total.